The number of nitrogens with zero attached hydrogens (tertiary/aromatic N) is 2. The van der Waals surface area contributed by atoms with Crippen LogP contribution >= 0.6 is 11.6 Å². The van der Waals surface area contributed by atoms with Gasteiger partial charge in [0, 0.05) is 19.1 Å². The number of hydrogen-bond donors (Lipinski definition) is 0. The molecule has 0 aromatic heterocycles. The number of rotatable bonds is 5. The number of carbonyl (C=O) groups excluding carboxylic acids is 2. The van der Waals surface area contributed by atoms with E-state index in [0.717, 1.165) is 0 Å². The first-order valence-electron chi connectivity index (χ1n) is 8.12. The molecule has 0 N–H and O–H groups in total. The number of halogens is 1. The van der Waals surface area contributed by atoms with E-state index >= 15 is 0 Å². The van der Waals surface area contributed by atoms with Gasteiger partial charge in [-0.25, -0.2) is 9.79 Å². The van der Waals surface area contributed by atoms with Crippen molar-refractivity contribution in [3.05, 3.63) is 68.4 Å². The predicted octanol–water partition coefficient (Wildman–Crippen LogP) is 3.53. The summed E-state index contributed by atoms with van der Waals surface area (Å²) >= 11 is 6.06. The van der Waals surface area contributed by atoms with Gasteiger partial charge in [-0.2, -0.15) is 0 Å². The number of aliphatic imine (C=N–C) groups is 1. The molecule has 2 aromatic rings. The molecule has 0 aliphatic carbocycles. The number of carbonyl (C=O) groups is 2. The Bertz CT molecular complexity index is 1090. The molecule has 0 saturated carbocycles. The van der Waals surface area contributed by atoms with Crippen molar-refractivity contribution in [2.24, 2.45) is 4.99 Å². The summed E-state index contributed by atoms with van der Waals surface area (Å²) in [5, 5.41) is 11.1. The van der Waals surface area contributed by atoms with Crippen LogP contribution in [0.5, 0.6) is 11.5 Å². The fraction of sp³-hybridized carbons (Fsp3) is 0.105. The Morgan fingerprint density at radius 2 is 2.00 bits per heavy atom. The van der Waals surface area contributed by atoms with Crippen LogP contribution in [0.2, 0.25) is 5.02 Å². The average Bonchev–Trinajstić information content (AvgIpc) is 3.02. The highest BCUT2D eigenvalue weighted by Crippen LogP contribution is 2.31. The monoisotopic (exact) mass is 416 g/mol. The van der Waals surface area contributed by atoms with Crippen LogP contribution in [0.3, 0.4) is 0 Å². The minimum atomic E-state index is -0.757. The summed E-state index contributed by atoms with van der Waals surface area (Å²) < 4.78 is 15.3. The van der Waals surface area contributed by atoms with Crippen molar-refractivity contribution in [3.8, 4) is 11.5 Å². The lowest BCUT2D eigenvalue weighted by atomic mass is 10.1. The number of hydrogen-bond acceptors (Lipinski definition) is 8. The normalized spacial score (nSPS) is 14.4. The lowest BCUT2D eigenvalue weighted by Crippen LogP contribution is -2.06. The van der Waals surface area contributed by atoms with Crippen molar-refractivity contribution in [1.82, 2.24) is 0 Å². The van der Waals surface area contributed by atoms with Crippen LogP contribution in [0.25, 0.3) is 6.08 Å². The molecule has 0 spiro atoms. The predicted molar refractivity (Wildman–Crippen MR) is 103 cm³/mol. The van der Waals surface area contributed by atoms with Gasteiger partial charge in [-0.1, -0.05) is 17.7 Å². The maximum absolute atomic E-state index is 12.2. The molecule has 0 fully saturated rings. The Labute approximate surface area is 169 Å². The van der Waals surface area contributed by atoms with Crippen molar-refractivity contribution in [3.63, 3.8) is 0 Å². The number of esters is 2. The maximum Gasteiger partial charge on any atom is 0.363 e. The lowest BCUT2D eigenvalue weighted by molar-refractivity contribution is -0.384. The van der Waals surface area contributed by atoms with Gasteiger partial charge in [-0.05, 0) is 29.8 Å². The Balaban J connectivity index is 1.98. The molecule has 2 aromatic carbocycles. The van der Waals surface area contributed by atoms with E-state index in [1.807, 2.05) is 0 Å². The molecule has 0 saturated heterocycles. The summed E-state index contributed by atoms with van der Waals surface area (Å²) in [5.41, 5.74) is 0.334. The summed E-state index contributed by atoms with van der Waals surface area (Å²) in [4.78, 5) is 37.9. The SMILES string of the molecule is COc1ccc(/C=C2\N=C(c3cc([N+](=O)[O-])ccc3Cl)OC2=O)cc1OC(C)=O. The average molecular weight is 417 g/mol. The second-order valence-corrected chi connectivity index (χ2v) is 6.17. The van der Waals surface area contributed by atoms with Crippen molar-refractivity contribution in [2.45, 2.75) is 6.92 Å². The molecule has 1 heterocycles. The summed E-state index contributed by atoms with van der Waals surface area (Å²) in [6.45, 7) is 1.25. The van der Waals surface area contributed by atoms with Crippen LogP contribution in [0.4, 0.5) is 5.69 Å². The molecule has 1 aliphatic rings. The molecule has 3 rings (SSSR count). The Morgan fingerprint density at radius 3 is 2.66 bits per heavy atom. The molecule has 0 bridgehead atoms. The molecule has 29 heavy (non-hydrogen) atoms. The fourth-order valence-corrected chi connectivity index (χ4v) is 2.69. The molecule has 0 atom stereocenters. The quantitative estimate of drug-likeness (QED) is 0.240. The van der Waals surface area contributed by atoms with Gasteiger partial charge in [-0.3, -0.25) is 14.9 Å². The molecular weight excluding hydrogens is 404 g/mol. The highest BCUT2D eigenvalue weighted by atomic mass is 35.5. The number of methoxy groups -OCH3 is 1. The molecule has 0 radical (unpaired) electrons. The summed E-state index contributed by atoms with van der Waals surface area (Å²) in [6, 6.07) is 8.40. The van der Waals surface area contributed by atoms with E-state index in [2.05, 4.69) is 4.99 Å². The summed E-state index contributed by atoms with van der Waals surface area (Å²) in [6.07, 6.45) is 1.41. The topological polar surface area (TPSA) is 117 Å². The Morgan fingerprint density at radius 1 is 1.24 bits per heavy atom. The number of benzene rings is 2. The van der Waals surface area contributed by atoms with Crippen molar-refractivity contribution < 1.29 is 28.7 Å². The van der Waals surface area contributed by atoms with Crippen molar-refractivity contribution in [2.75, 3.05) is 7.11 Å². The van der Waals surface area contributed by atoms with Crippen LogP contribution in [-0.4, -0.2) is 29.9 Å². The van der Waals surface area contributed by atoms with E-state index in [9.17, 15) is 19.7 Å². The van der Waals surface area contributed by atoms with Crippen LogP contribution < -0.4 is 9.47 Å². The maximum atomic E-state index is 12.2. The number of nitro benzene ring substituents is 1. The third-order valence-electron chi connectivity index (χ3n) is 3.76. The van der Waals surface area contributed by atoms with Crippen LogP contribution in [-0.2, 0) is 14.3 Å². The highest BCUT2D eigenvalue weighted by molar-refractivity contribution is 6.34. The minimum Gasteiger partial charge on any atom is -0.493 e. The van der Waals surface area contributed by atoms with Gasteiger partial charge in [-0.15, -0.1) is 0 Å². The largest absolute Gasteiger partial charge is 0.493 e. The zero-order valence-electron chi connectivity index (χ0n) is 15.2. The minimum absolute atomic E-state index is 0.0542. The van der Waals surface area contributed by atoms with E-state index in [-0.39, 0.29) is 33.6 Å². The standard InChI is InChI=1S/C19H13ClN2O7/c1-10(23)28-17-8-11(3-6-16(17)27-2)7-15-19(24)29-18(21-15)13-9-12(22(25)26)4-5-14(13)20/h3-9H,1-2H3/b15-7-. The molecule has 9 nitrogen and oxygen atoms in total. The van der Waals surface area contributed by atoms with Gasteiger partial charge in [0.05, 0.1) is 22.6 Å². The van der Waals surface area contributed by atoms with Gasteiger partial charge in [0.25, 0.3) is 5.69 Å². The zero-order chi connectivity index (χ0) is 21.1. The third-order valence-corrected chi connectivity index (χ3v) is 4.09. The van der Waals surface area contributed by atoms with Gasteiger partial charge in [0.2, 0.25) is 5.90 Å². The van der Waals surface area contributed by atoms with E-state index in [0.29, 0.717) is 11.3 Å². The number of non-ortho nitro benzene ring substituents is 1. The van der Waals surface area contributed by atoms with Gasteiger partial charge in [0.1, 0.15) is 0 Å². The molecular formula is C19H13ClN2O7. The number of cyclic esters (lactones) is 1. The lowest BCUT2D eigenvalue weighted by Gasteiger charge is -2.08. The first-order chi connectivity index (χ1) is 13.8. The van der Waals surface area contributed by atoms with Gasteiger partial charge < -0.3 is 14.2 Å². The Kier molecular flexibility index (Phi) is 5.60. The first kappa shape index (κ1) is 20.0. The smallest absolute Gasteiger partial charge is 0.363 e. The van der Waals surface area contributed by atoms with Crippen LogP contribution in [0, 0.1) is 10.1 Å². The summed E-state index contributed by atoms with van der Waals surface area (Å²) in [7, 11) is 1.42. The number of nitro groups is 1. The first-order valence-corrected chi connectivity index (χ1v) is 8.49. The van der Waals surface area contributed by atoms with E-state index in [1.165, 1.54) is 44.4 Å². The fourth-order valence-electron chi connectivity index (χ4n) is 2.49. The second-order valence-electron chi connectivity index (χ2n) is 5.76. The van der Waals surface area contributed by atoms with Crippen LogP contribution in [0.15, 0.2) is 47.1 Å². The third kappa shape index (κ3) is 4.41. The second kappa shape index (κ2) is 8.11. The molecule has 10 heteroatoms. The van der Waals surface area contributed by atoms with Gasteiger partial charge >= 0.3 is 11.9 Å². The molecule has 0 unspecified atom stereocenters. The number of ether oxygens (including phenoxy) is 3. The molecule has 148 valence electrons. The van der Waals surface area contributed by atoms with Crippen molar-refractivity contribution >= 4 is 41.2 Å². The zero-order valence-corrected chi connectivity index (χ0v) is 15.9. The van der Waals surface area contributed by atoms with Crippen molar-refractivity contribution in [1.29, 1.82) is 0 Å². The Hall–Kier alpha value is -3.72. The van der Waals surface area contributed by atoms with Crippen LogP contribution in [0.1, 0.15) is 18.1 Å². The highest BCUT2D eigenvalue weighted by Gasteiger charge is 2.27. The van der Waals surface area contributed by atoms with Gasteiger partial charge in [0.15, 0.2) is 17.2 Å². The molecule has 0 amide bonds. The van der Waals surface area contributed by atoms with E-state index in [1.54, 1.807) is 12.1 Å². The van der Waals surface area contributed by atoms with E-state index < -0.39 is 16.9 Å². The molecule has 1 aliphatic heterocycles. The van der Waals surface area contributed by atoms with E-state index in [4.69, 9.17) is 25.8 Å². The summed E-state index contributed by atoms with van der Waals surface area (Å²) in [5.74, 6) is -0.930.